The SMILES string of the molecule is Cc1ccc(S(=O)(=O)N(CC(=O)Nc2ccccc2C(=O)NC[C@H]2CCCO2)c2cccc(Cl)c2C)cc1. The number of benzene rings is 3. The molecule has 0 unspecified atom stereocenters. The Kier molecular flexibility index (Phi) is 8.71. The molecule has 0 radical (unpaired) electrons. The van der Waals surface area contributed by atoms with E-state index in [-0.39, 0.29) is 33.8 Å². The summed E-state index contributed by atoms with van der Waals surface area (Å²) >= 11 is 6.30. The molecule has 10 heteroatoms. The largest absolute Gasteiger partial charge is 0.376 e. The van der Waals surface area contributed by atoms with Crippen molar-refractivity contribution in [1.29, 1.82) is 0 Å². The maximum Gasteiger partial charge on any atom is 0.264 e. The summed E-state index contributed by atoms with van der Waals surface area (Å²) in [6, 6.07) is 17.9. The third kappa shape index (κ3) is 6.35. The van der Waals surface area contributed by atoms with Crippen LogP contribution in [0.3, 0.4) is 0 Å². The molecular weight excluding hydrogens is 526 g/mol. The van der Waals surface area contributed by atoms with Crippen LogP contribution < -0.4 is 14.9 Å². The van der Waals surface area contributed by atoms with Gasteiger partial charge in [-0.15, -0.1) is 0 Å². The van der Waals surface area contributed by atoms with E-state index in [4.69, 9.17) is 16.3 Å². The molecule has 1 fully saturated rings. The van der Waals surface area contributed by atoms with Crippen molar-refractivity contribution in [2.75, 3.05) is 29.3 Å². The Morgan fingerprint density at radius 2 is 1.76 bits per heavy atom. The second kappa shape index (κ2) is 12.0. The minimum atomic E-state index is -4.12. The predicted molar refractivity (Wildman–Crippen MR) is 148 cm³/mol. The minimum Gasteiger partial charge on any atom is -0.376 e. The first-order chi connectivity index (χ1) is 18.2. The third-order valence-corrected chi connectivity index (χ3v) is 8.55. The number of nitrogens with zero attached hydrogens (tertiary/aromatic N) is 1. The number of carbonyl (C=O) groups is 2. The van der Waals surface area contributed by atoms with Crippen LogP contribution in [0.5, 0.6) is 0 Å². The smallest absolute Gasteiger partial charge is 0.264 e. The average molecular weight is 556 g/mol. The molecule has 0 bridgehead atoms. The fourth-order valence-electron chi connectivity index (χ4n) is 4.22. The first-order valence-corrected chi connectivity index (χ1v) is 14.1. The van der Waals surface area contributed by atoms with E-state index in [0.29, 0.717) is 23.7 Å². The zero-order valence-electron chi connectivity index (χ0n) is 21.2. The Bertz CT molecular complexity index is 1420. The number of rotatable bonds is 9. The topological polar surface area (TPSA) is 105 Å². The van der Waals surface area contributed by atoms with Crippen molar-refractivity contribution in [3.63, 3.8) is 0 Å². The summed E-state index contributed by atoms with van der Waals surface area (Å²) in [5.41, 5.74) is 2.26. The van der Waals surface area contributed by atoms with Gasteiger partial charge in [-0.2, -0.15) is 0 Å². The minimum absolute atomic E-state index is 0.0258. The summed E-state index contributed by atoms with van der Waals surface area (Å²) < 4.78 is 34.0. The monoisotopic (exact) mass is 555 g/mol. The number of ether oxygens (including phenoxy) is 1. The second-order valence-corrected chi connectivity index (χ2v) is 11.4. The molecule has 1 heterocycles. The van der Waals surface area contributed by atoms with Gasteiger partial charge in [0, 0.05) is 18.2 Å². The van der Waals surface area contributed by atoms with Gasteiger partial charge < -0.3 is 15.4 Å². The Morgan fingerprint density at radius 1 is 1.03 bits per heavy atom. The van der Waals surface area contributed by atoms with Crippen molar-refractivity contribution in [2.45, 2.75) is 37.7 Å². The highest BCUT2D eigenvalue weighted by atomic mass is 35.5. The molecule has 2 amide bonds. The first-order valence-electron chi connectivity index (χ1n) is 12.3. The number of halogens is 1. The fourth-order valence-corrected chi connectivity index (χ4v) is 5.87. The number of para-hydroxylation sites is 1. The molecule has 0 aromatic heterocycles. The number of hydrogen-bond acceptors (Lipinski definition) is 5. The molecule has 1 aliphatic heterocycles. The molecule has 2 N–H and O–H groups in total. The molecule has 1 atom stereocenters. The zero-order valence-corrected chi connectivity index (χ0v) is 22.8. The van der Waals surface area contributed by atoms with Crippen molar-refractivity contribution in [2.24, 2.45) is 0 Å². The quantitative estimate of drug-likeness (QED) is 0.398. The first kappa shape index (κ1) is 27.6. The lowest BCUT2D eigenvalue weighted by Gasteiger charge is -2.26. The predicted octanol–water partition coefficient (Wildman–Crippen LogP) is 4.70. The van der Waals surface area contributed by atoms with Gasteiger partial charge in [-0.1, -0.05) is 47.5 Å². The van der Waals surface area contributed by atoms with Crippen LogP contribution >= 0.6 is 11.6 Å². The molecule has 200 valence electrons. The lowest BCUT2D eigenvalue weighted by molar-refractivity contribution is -0.114. The number of nitrogens with one attached hydrogen (secondary N) is 2. The van der Waals surface area contributed by atoms with Crippen LogP contribution in [-0.4, -0.2) is 46.0 Å². The van der Waals surface area contributed by atoms with Gasteiger partial charge in [0.25, 0.3) is 15.9 Å². The van der Waals surface area contributed by atoms with E-state index in [9.17, 15) is 18.0 Å². The van der Waals surface area contributed by atoms with Gasteiger partial charge in [0.1, 0.15) is 6.54 Å². The molecule has 1 saturated heterocycles. The van der Waals surface area contributed by atoms with E-state index in [1.54, 1.807) is 61.5 Å². The molecule has 3 aromatic carbocycles. The van der Waals surface area contributed by atoms with Crippen molar-refractivity contribution in [1.82, 2.24) is 5.32 Å². The molecule has 0 spiro atoms. The Morgan fingerprint density at radius 3 is 2.47 bits per heavy atom. The van der Waals surface area contributed by atoms with Crippen LogP contribution in [-0.2, 0) is 19.6 Å². The molecule has 1 aliphatic rings. The van der Waals surface area contributed by atoms with Crippen molar-refractivity contribution in [3.05, 3.63) is 88.4 Å². The summed E-state index contributed by atoms with van der Waals surface area (Å²) in [7, 11) is -4.12. The Balaban J connectivity index is 1.59. The Labute approximate surface area is 228 Å². The standard InChI is InChI=1S/C28H30ClN3O5S/c1-19-12-14-22(15-13-19)38(35,36)32(26-11-5-9-24(29)20(26)2)18-27(33)31-25-10-4-3-8-23(25)28(34)30-17-21-7-6-16-37-21/h3-5,8-15,21H,6-7,16-18H2,1-2H3,(H,30,34)(H,31,33)/t21-/m1/s1. The number of aryl methyl sites for hydroxylation is 1. The Hall–Kier alpha value is -3.40. The fraction of sp³-hybridized carbons (Fsp3) is 0.286. The molecule has 38 heavy (non-hydrogen) atoms. The van der Waals surface area contributed by atoms with Crippen LogP contribution in [0.2, 0.25) is 5.02 Å². The molecule has 0 saturated carbocycles. The highest BCUT2D eigenvalue weighted by Crippen LogP contribution is 2.31. The van der Waals surface area contributed by atoms with Crippen molar-refractivity contribution in [3.8, 4) is 0 Å². The normalized spacial score (nSPS) is 15.2. The van der Waals surface area contributed by atoms with E-state index in [1.807, 2.05) is 6.92 Å². The maximum absolute atomic E-state index is 13.7. The molecule has 3 aromatic rings. The van der Waals surface area contributed by atoms with Gasteiger partial charge in [-0.3, -0.25) is 13.9 Å². The number of sulfonamides is 1. The summed E-state index contributed by atoms with van der Waals surface area (Å²) in [4.78, 5) is 26.2. The molecule has 8 nitrogen and oxygen atoms in total. The summed E-state index contributed by atoms with van der Waals surface area (Å²) in [5, 5.41) is 5.94. The number of carbonyl (C=O) groups excluding carboxylic acids is 2. The summed E-state index contributed by atoms with van der Waals surface area (Å²) in [5.74, 6) is -0.967. The van der Waals surface area contributed by atoms with Gasteiger partial charge >= 0.3 is 0 Å². The summed E-state index contributed by atoms with van der Waals surface area (Å²) in [6.45, 7) is 4.08. The van der Waals surface area contributed by atoms with Crippen LogP contribution in [0.4, 0.5) is 11.4 Å². The number of amides is 2. The summed E-state index contributed by atoms with van der Waals surface area (Å²) in [6.07, 6.45) is 1.82. The van der Waals surface area contributed by atoms with Crippen LogP contribution in [0.1, 0.15) is 34.3 Å². The zero-order chi connectivity index (χ0) is 27.3. The third-order valence-electron chi connectivity index (χ3n) is 6.36. The van der Waals surface area contributed by atoms with Gasteiger partial charge in [0.2, 0.25) is 5.91 Å². The second-order valence-electron chi connectivity index (χ2n) is 9.15. The molecule has 0 aliphatic carbocycles. The van der Waals surface area contributed by atoms with E-state index in [2.05, 4.69) is 10.6 Å². The molecule has 4 rings (SSSR count). The van der Waals surface area contributed by atoms with Gasteiger partial charge in [0.05, 0.1) is 27.9 Å². The van der Waals surface area contributed by atoms with Gasteiger partial charge in [0.15, 0.2) is 0 Å². The highest BCUT2D eigenvalue weighted by molar-refractivity contribution is 7.92. The van der Waals surface area contributed by atoms with Gasteiger partial charge in [-0.05, 0) is 68.7 Å². The average Bonchev–Trinajstić information content (AvgIpc) is 3.42. The van der Waals surface area contributed by atoms with E-state index in [1.165, 1.54) is 12.1 Å². The van der Waals surface area contributed by atoms with Crippen LogP contribution in [0.25, 0.3) is 0 Å². The highest BCUT2D eigenvalue weighted by Gasteiger charge is 2.29. The van der Waals surface area contributed by atoms with E-state index in [0.717, 1.165) is 22.7 Å². The van der Waals surface area contributed by atoms with Crippen molar-refractivity contribution < 1.29 is 22.7 Å². The number of hydrogen-bond donors (Lipinski definition) is 2. The molecular formula is C28H30ClN3O5S. The van der Waals surface area contributed by atoms with Gasteiger partial charge in [-0.25, -0.2) is 8.42 Å². The maximum atomic E-state index is 13.7. The number of anilines is 2. The van der Waals surface area contributed by atoms with Crippen molar-refractivity contribution >= 4 is 44.8 Å². The van der Waals surface area contributed by atoms with E-state index < -0.39 is 22.5 Å². The van der Waals surface area contributed by atoms with Crippen LogP contribution in [0.15, 0.2) is 71.6 Å². The van der Waals surface area contributed by atoms with E-state index >= 15 is 0 Å². The lowest BCUT2D eigenvalue weighted by atomic mass is 10.1. The lowest BCUT2D eigenvalue weighted by Crippen LogP contribution is -2.39. The van der Waals surface area contributed by atoms with Crippen LogP contribution in [0, 0.1) is 13.8 Å².